The van der Waals surface area contributed by atoms with Crippen LogP contribution in [-0.2, 0) is 19.9 Å². The van der Waals surface area contributed by atoms with E-state index in [0.717, 1.165) is 46.3 Å². The van der Waals surface area contributed by atoms with Gasteiger partial charge in [-0.2, -0.15) is 5.10 Å². The highest BCUT2D eigenvalue weighted by Gasteiger charge is 2.20. The molecule has 29 heavy (non-hydrogen) atoms. The SMILES string of the molecule is Cc1cc(-c2nn(C)c3cc([N+](=O)[O-])c(CCCc4ccccc4)cc23)ccn1. The number of hydrogen-bond donors (Lipinski definition) is 0. The number of fused-ring (bicyclic) bond motifs is 1. The van der Waals surface area contributed by atoms with Crippen LogP contribution in [0.5, 0.6) is 0 Å². The molecule has 0 aliphatic carbocycles. The fourth-order valence-corrected chi connectivity index (χ4v) is 3.74. The zero-order chi connectivity index (χ0) is 20.4. The topological polar surface area (TPSA) is 73.8 Å². The van der Waals surface area contributed by atoms with E-state index < -0.39 is 0 Å². The Kier molecular flexibility index (Phi) is 5.08. The lowest BCUT2D eigenvalue weighted by atomic mass is 9.99. The standard InChI is InChI=1S/C23H22N4O2/c1-16-13-19(11-12-24-16)23-20-14-18(10-6-9-17-7-4-3-5-8-17)21(27(28)29)15-22(20)26(2)25-23/h3-5,7-8,11-15H,6,9-10H2,1-2H3. The lowest BCUT2D eigenvalue weighted by Gasteiger charge is -2.06. The van der Waals surface area contributed by atoms with Gasteiger partial charge < -0.3 is 0 Å². The van der Waals surface area contributed by atoms with Crippen molar-refractivity contribution in [1.82, 2.24) is 14.8 Å². The van der Waals surface area contributed by atoms with Crippen LogP contribution in [0.2, 0.25) is 0 Å². The quantitative estimate of drug-likeness (QED) is 0.344. The maximum absolute atomic E-state index is 11.7. The maximum atomic E-state index is 11.7. The predicted octanol–water partition coefficient (Wildman–Crippen LogP) is 5.03. The van der Waals surface area contributed by atoms with Crippen LogP contribution in [0.1, 0.15) is 23.2 Å². The zero-order valence-electron chi connectivity index (χ0n) is 16.5. The van der Waals surface area contributed by atoms with Crippen molar-refractivity contribution < 1.29 is 4.92 Å². The van der Waals surface area contributed by atoms with E-state index in [2.05, 4.69) is 22.2 Å². The van der Waals surface area contributed by atoms with Crippen LogP contribution in [-0.4, -0.2) is 19.7 Å². The molecule has 4 rings (SSSR count). The second kappa shape index (κ2) is 7.83. The zero-order valence-corrected chi connectivity index (χ0v) is 16.5. The van der Waals surface area contributed by atoms with Gasteiger partial charge in [-0.05, 0) is 49.9 Å². The largest absolute Gasteiger partial charge is 0.274 e. The van der Waals surface area contributed by atoms with Gasteiger partial charge in [-0.1, -0.05) is 30.3 Å². The number of rotatable bonds is 6. The van der Waals surface area contributed by atoms with Crippen LogP contribution < -0.4 is 0 Å². The van der Waals surface area contributed by atoms with Crippen LogP contribution in [0.4, 0.5) is 5.69 Å². The molecule has 0 spiro atoms. The Labute approximate surface area is 169 Å². The summed E-state index contributed by atoms with van der Waals surface area (Å²) in [5, 5.41) is 17.3. The van der Waals surface area contributed by atoms with Gasteiger partial charge in [0, 0.05) is 41.5 Å². The Balaban J connectivity index is 1.73. The number of benzene rings is 2. The van der Waals surface area contributed by atoms with Crippen LogP contribution >= 0.6 is 0 Å². The average Bonchev–Trinajstić information content (AvgIpc) is 3.04. The molecule has 0 aliphatic rings. The van der Waals surface area contributed by atoms with Crippen molar-refractivity contribution >= 4 is 16.6 Å². The number of nitro groups is 1. The third kappa shape index (κ3) is 3.87. The van der Waals surface area contributed by atoms with Gasteiger partial charge in [-0.25, -0.2) is 0 Å². The first-order chi connectivity index (χ1) is 14.0. The Morgan fingerprint density at radius 3 is 2.59 bits per heavy atom. The van der Waals surface area contributed by atoms with E-state index in [4.69, 9.17) is 0 Å². The third-order valence-corrected chi connectivity index (χ3v) is 5.17. The minimum absolute atomic E-state index is 0.158. The molecule has 0 amide bonds. The van der Waals surface area contributed by atoms with Crippen molar-refractivity contribution in [2.45, 2.75) is 26.2 Å². The van der Waals surface area contributed by atoms with E-state index in [1.54, 1.807) is 16.9 Å². The second-order valence-electron chi connectivity index (χ2n) is 7.25. The summed E-state index contributed by atoms with van der Waals surface area (Å²) in [6, 6.07) is 17.7. The molecule has 2 aromatic heterocycles. The predicted molar refractivity (Wildman–Crippen MR) is 114 cm³/mol. The van der Waals surface area contributed by atoms with E-state index in [1.165, 1.54) is 5.56 Å². The smallest absolute Gasteiger partial charge is 0.267 e. The number of aryl methyl sites for hydroxylation is 4. The number of pyridine rings is 1. The van der Waals surface area contributed by atoms with Crippen molar-refractivity contribution in [1.29, 1.82) is 0 Å². The van der Waals surface area contributed by atoms with Gasteiger partial charge in [0.25, 0.3) is 5.69 Å². The monoisotopic (exact) mass is 386 g/mol. The van der Waals surface area contributed by atoms with Crippen molar-refractivity contribution in [2.75, 3.05) is 0 Å². The Bertz CT molecular complexity index is 1180. The van der Waals surface area contributed by atoms with Crippen LogP contribution in [0.3, 0.4) is 0 Å². The molecular weight excluding hydrogens is 364 g/mol. The molecule has 0 aliphatic heterocycles. The summed E-state index contributed by atoms with van der Waals surface area (Å²) < 4.78 is 1.71. The Hall–Kier alpha value is -3.54. The van der Waals surface area contributed by atoms with Crippen molar-refractivity contribution in [2.24, 2.45) is 7.05 Å². The van der Waals surface area contributed by atoms with Crippen molar-refractivity contribution in [3.63, 3.8) is 0 Å². The molecule has 0 fully saturated rings. The Morgan fingerprint density at radius 2 is 1.86 bits per heavy atom. The molecule has 0 unspecified atom stereocenters. The van der Waals surface area contributed by atoms with Gasteiger partial charge in [0.05, 0.1) is 10.4 Å². The fourth-order valence-electron chi connectivity index (χ4n) is 3.74. The van der Waals surface area contributed by atoms with Crippen LogP contribution in [0.25, 0.3) is 22.2 Å². The highest BCUT2D eigenvalue weighted by molar-refractivity contribution is 5.95. The minimum Gasteiger partial charge on any atom is -0.267 e. The molecule has 0 atom stereocenters. The summed E-state index contributed by atoms with van der Waals surface area (Å²) in [5.41, 5.74) is 5.61. The summed E-state index contributed by atoms with van der Waals surface area (Å²) in [4.78, 5) is 15.7. The lowest BCUT2D eigenvalue weighted by Crippen LogP contribution is -1.98. The summed E-state index contributed by atoms with van der Waals surface area (Å²) in [7, 11) is 1.82. The van der Waals surface area contributed by atoms with Crippen molar-refractivity contribution in [3.8, 4) is 11.3 Å². The molecule has 0 N–H and O–H groups in total. The third-order valence-electron chi connectivity index (χ3n) is 5.17. The van der Waals surface area contributed by atoms with E-state index in [0.29, 0.717) is 6.42 Å². The normalized spacial score (nSPS) is 11.1. The molecule has 4 aromatic rings. The number of aromatic nitrogens is 3. The first kappa shape index (κ1) is 18.8. The molecule has 6 heteroatoms. The molecule has 2 heterocycles. The van der Waals surface area contributed by atoms with Gasteiger partial charge in [-0.15, -0.1) is 0 Å². The summed E-state index contributed by atoms with van der Waals surface area (Å²) >= 11 is 0. The summed E-state index contributed by atoms with van der Waals surface area (Å²) in [5.74, 6) is 0. The number of hydrogen-bond acceptors (Lipinski definition) is 4. The maximum Gasteiger partial charge on any atom is 0.274 e. The molecule has 146 valence electrons. The highest BCUT2D eigenvalue weighted by atomic mass is 16.6. The van der Waals surface area contributed by atoms with Crippen LogP contribution in [0.15, 0.2) is 60.8 Å². The Morgan fingerprint density at radius 1 is 1.07 bits per heavy atom. The van der Waals surface area contributed by atoms with Gasteiger partial charge in [-0.3, -0.25) is 19.8 Å². The molecule has 0 radical (unpaired) electrons. The first-order valence-electron chi connectivity index (χ1n) is 9.64. The fraction of sp³-hybridized carbons (Fsp3) is 0.217. The van der Waals surface area contributed by atoms with E-state index in [-0.39, 0.29) is 10.6 Å². The first-order valence-corrected chi connectivity index (χ1v) is 9.64. The number of nitrogens with zero attached hydrogens (tertiary/aromatic N) is 4. The summed E-state index contributed by atoms with van der Waals surface area (Å²) in [6.45, 7) is 1.94. The van der Waals surface area contributed by atoms with E-state index >= 15 is 0 Å². The number of nitro benzene ring substituents is 1. The lowest BCUT2D eigenvalue weighted by molar-refractivity contribution is -0.385. The average molecular weight is 386 g/mol. The van der Waals surface area contributed by atoms with Gasteiger partial charge in [0.2, 0.25) is 0 Å². The second-order valence-corrected chi connectivity index (χ2v) is 7.25. The molecule has 0 saturated carbocycles. The van der Waals surface area contributed by atoms with Gasteiger partial charge >= 0.3 is 0 Å². The molecule has 0 bridgehead atoms. The minimum atomic E-state index is -0.291. The van der Waals surface area contributed by atoms with E-state index in [9.17, 15) is 10.1 Å². The van der Waals surface area contributed by atoms with Crippen molar-refractivity contribution in [3.05, 3.63) is 87.7 Å². The summed E-state index contributed by atoms with van der Waals surface area (Å²) in [6.07, 6.45) is 4.14. The molecule has 6 nitrogen and oxygen atoms in total. The molecule has 2 aromatic carbocycles. The highest BCUT2D eigenvalue weighted by Crippen LogP contribution is 2.33. The van der Waals surface area contributed by atoms with E-state index in [1.807, 2.05) is 50.4 Å². The molecular formula is C23H22N4O2. The van der Waals surface area contributed by atoms with Crippen LogP contribution in [0, 0.1) is 17.0 Å². The molecule has 0 saturated heterocycles. The van der Waals surface area contributed by atoms with Gasteiger partial charge in [0.15, 0.2) is 0 Å². The van der Waals surface area contributed by atoms with Gasteiger partial charge in [0.1, 0.15) is 5.69 Å².